The van der Waals surface area contributed by atoms with Crippen LogP contribution in [0.1, 0.15) is 12.5 Å². The normalized spacial score (nSPS) is 9.47. The zero-order valence-electron chi connectivity index (χ0n) is 8.95. The maximum Gasteiger partial charge on any atom is 0.335 e. The number of carbonyl (C=O) groups excluding carboxylic acids is 1. The molecule has 0 aromatic heterocycles. The largest absolute Gasteiger partial charge is 0.457 e. The van der Waals surface area contributed by atoms with Gasteiger partial charge < -0.3 is 9.47 Å². The Balaban J connectivity index is 2.42. The van der Waals surface area contributed by atoms with Gasteiger partial charge in [0.15, 0.2) is 0 Å². The maximum atomic E-state index is 11.0. The number of carbonyl (C=O) groups is 1. The third-order valence-corrected chi connectivity index (χ3v) is 1.85. The minimum atomic E-state index is -0.441. The van der Waals surface area contributed by atoms with Gasteiger partial charge in [-0.1, -0.05) is 24.8 Å². The van der Waals surface area contributed by atoms with Crippen LogP contribution in [-0.4, -0.2) is 12.8 Å². The van der Waals surface area contributed by atoms with Gasteiger partial charge in [0.1, 0.15) is 5.75 Å². The molecule has 0 saturated carbocycles. The number of benzene rings is 1. The van der Waals surface area contributed by atoms with E-state index < -0.39 is 5.97 Å². The minimum Gasteiger partial charge on any atom is -0.457 e. The second kappa shape index (κ2) is 5.20. The lowest BCUT2D eigenvalue weighted by Crippen LogP contribution is -2.10. The van der Waals surface area contributed by atoms with Gasteiger partial charge in [0.25, 0.3) is 0 Å². The van der Waals surface area contributed by atoms with Gasteiger partial charge in [0.2, 0.25) is 6.79 Å². The fraction of sp³-hybridized carbons (Fsp3) is 0.250. The Kier molecular flexibility index (Phi) is 3.92. The predicted octanol–water partition coefficient (Wildman–Crippen LogP) is 2.45. The van der Waals surface area contributed by atoms with Crippen molar-refractivity contribution in [3.8, 4) is 5.75 Å². The summed E-state index contributed by atoms with van der Waals surface area (Å²) >= 11 is 0. The molecule has 1 aromatic rings. The van der Waals surface area contributed by atoms with Crippen molar-refractivity contribution in [3.05, 3.63) is 42.0 Å². The van der Waals surface area contributed by atoms with E-state index in [1.165, 1.54) is 0 Å². The maximum absolute atomic E-state index is 11.0. The lowest BCUT2D eigenvalue weighted by atomic mass is 10.2. The highest BCUT2D eigenvalue weighted by molar-refractivity contribution is 5.86. The second-order valence-electron chi connectivity index (χ2n) is 3.24. The van der Waals surface area contributed by atoms with Crippen LogP contribution in [0.3, 0.4) is 0 Å². The molecule has 0 bridgehead atoms. The average Bonchev–Trinajstić information content (AvgIpc) is 2.20. The Morgan fingerprint density at radius 1 is 1.40 bits per heavy atom. The van der Waals surface area contributed by atoms with Gasteiger partial charge in [-0.2, -0.15) is 0 Å². The van der Waals surface area contributed by atoms with E-state index in [9.17, 15) is 4.79 Å². The van der Waals surface area contributed by atoms with E-state index >= 15 is 0 Å². The number of aryl methyl sites for hydroxylation is 1. The first-order chi connectivity index (χ1) is 7.11. The van der Waals surface area contributed by atoms with Crippen molar-refractivity contribution in [1.82, 2.24) is 0 Å². The number of para-hydroxylation sites is 1. The van der Waals surface area contributed by atoms with Crippen LogP contribution in [0.5, 0.6) is 5.75 Å². The van der Waals surface area contributed by atoms with Gasteiger partial charge in [0, 0.05) is 5.57 Å². The number of esters is 1. The number of hydrogen-bond acceptors (Lipinski definition) is 3. The summed E-state index contributed by atoms with van der Waals surface area (Å²) in [5.74, 6) is 0.274. The molecule has 0 N–H and O–H groups in total. The molecule has 0 spiro atoms. The van der Waals surface area contributed by atoms with Crippen molar-refractivity contribution in [1.29, 1.82) is 0 Å². The SMILES string of the molecule is C=C(C)C(=O)OCOc1ccccc1C. The molecule has 0 heterocycles. The van der Waals surface area contributed by atoms with Crippen LogP contribution in [0.2, 0.25) is 0 Å². The van der Waals surface area contributed by atoms with Crippen LogP contribution in [-0.2, 0) is 9.53 Å². The van der Waals surface area contributed by atoms with Gasteiger partial charge >= 0.3 is 5.97 Å². The number of hydrogen-bond donors (Lipinski definition) is 0. The van der Waals surface area contributed by atoms with E-state index in [0.717, 1.165) is 5.56 Å². The van der Waals surface area contributed by atoms with Gasteiger partial charge in [-0.25, -0.2) is 4.79 Å². The van der Waals surface area contributed by atoms with Crippen LogP contribution in [0.25, 0.3) is 0 Å². The Morgan fingerprint density at radius 2 is 2.07 bits per heavy atom. The summed E-state index contributed by atoms with van der Waals surface area (Å²) in [6.07, 6.45) is 0. The molecule has 0 atom stereocenters. The molecule has 0 unspecified atom stereocenters. The lowest BCUT2D eigenvalue weighted by Gasteiger charge is -2.08. The molecule has 0 aliphatic heterocycles. The molecular formula is C12H14O3. The summed E-state index contributed by atoms with van der Waals surface area (Å²) in [4.78, 5) is 11.0. The highest BCUT2D eigenvalue weighted by Gasteiger charge is 2.03. The van der Waals surface area contributed by atoms with Crippen LogP contribution in [0.4, 0.5) is 0 Å². The summed E-state index contributed by atoms with van der Waals surface area (Å²) in [6.45, 7) is 6.90. The summed E-state index contributed by atoms with van der Waals surface area (Å²) in [6, 6.07) is 7.53. The third-order valence-electron chi connectivity index (χ3n) is 1.85. The first-order valence-corrected chi connectivity index (χ1v) is 4.62. The fourth-order valence-electron chi connectivity index (χ4n) is 0.988. The molecule has 80 valence electrons. The third kappa shape index (κ3) is 3.46. The highest BCUT2D eigenvalue weighted by Crippen LogP contribution is 2.15. The summed E-state index contributed by atoms with van der Waals surface area (Å²) < 4.78 is 10.1. The molecule has 3 heteroatoms. The molecule has 0 aliphatic rings. The Labute approximate surface area is 89.3 Å². The van der Waals surface area contributed by atoms with Crippen molar-refractivity contribution < 1.29 is 14.3 Å². The Hall–Kier alpha value is -1.77. The van der Waals surface area contributed by atoms with Crippen molar-refractivity contribution >= 4 is 5.97 Å². The fourth-order valence-corrected chi connectivity index (χ4v) is 0.988. The van der Waals surface area contributed by atoms with Gasteiger partial charge in [0.05, 0.1) is 0 Å². The van der Waals surface area contributed by atoms with E-state index in [4.69, 9.17) is 9.47 Å². The highest BCUT2D eigenvalue weighted by atomic mass is 16.7. The first kappa shape index (κ1) is 11.3. The van der Waals surface area contributed by atoms with Crippen LogP contribution in [0.15, 0.2) is 36.4 Å². The molecule has 0 aliphatic carbocycles. The zero-order chi connectivity index (χ0) is 11.3. The smallest absolute Gasteiger partial charge is 0.335 e. The topological polar surface area (TPSA) is 35.5 Å². The molecule has 3 nitrogen and oxygen atoms in total. The van der Waals surface area contributed by atoms with Crippen LogP contribution < -0.4 is 4.74 Å². The molecule has 0 saturated heterocycles. The predicted molar refractivity (Wildman–Crippen MR) is 57.6 cm³/mol. The van der Waals surface area contributed by atoms with Crippen molar-refractivity contribution in [2.24, 2.45) is 0 Å². The Bertz CT molecular complexity index is 369. The molecule has 15 heavy (non-hydrogen) atoms. The summed E-state index contributed by atoms with van der Waals surface area (Å²) in [7, 11) is 0. The summed E-state index contributed by atoms with van der Waals surface area (Å²) in [5, 5.41) is 0. The van der Waals surface area contributed by atoms with E-state index in [1.54, 1.807) is 6.92 Å². The standard InChI is InChI=1S/C12H14O3/c1-9(2)12(13)15-8-14-11-7-5-4-6-10(11)3/h4-7H,1,8H2,2-3H3. The van der Waals surface area contributed by atoms with Crippen molar-refractivity contribution in [2.75, 3.05) is 6.79 Å². The molecular weight excluding hydrogens is 192 g/mol. The van der Waals surface area contributed by atoms with Gasteiger partial charge in [-0.3, -0.25) is 0 Å². The number of ether oxygens (including phenoxy) is 2. The molecule has 1 aromatic carbocycles. The molecule has 0 fully saturated rings. The average molecular weight is 206 g/mol. The molecule has 0 amide bonds. The van der Waals surface area contributed by atoms with Gasteiger partial charge in [-0.05, 0) is 25.5 Å². The molecule has 0 radical (unpaired) electrons. The van der Waals surface area contributed by atoms with Crippen molar-refractivity contribution in [3.63, 3.8) is 0 Å². The quantitative estimate of drug-likeness (QED) is 0.431. The number of rotatable bonds is 4. The summed E-state index contributed by atoms with van der Waals surface area (Å²) in [5.41, 5.74) is 1.37. The van der Waals surface area contributed by atoms with E-state index in [0.29, 0.717) is 11.3 Å². The first-order valence-electron chi connectivity index (χ1n) is 4.62. The Morgan fingerprint density at radius 3 is 2.67 bits per heavy atom. The van der Waals surface area contributed by atoms with Gasteiger partial charge in [-0.15, -0.1) is 0 Å². The monoisotopic (exact) mass is 206 g/mol. The van der Waals surface area contributed by atoms with E-state index in [-0.39, 0.29) is 6.79 Å². The lowest BCUT2D eigenvalue weighted by molar-refractivity contribution is -0.145. The minimum absolute atomic E-state index is 0.0868. The van der Waals surface area contributed by atoms with Crippen molar-refractivity contribution in [2.45, 2.75) is 13.8 Å². The zero-order valence-corrected chi connectivity index (χ0v) is 8.95. The van der Waals surface area contributed by atoms with E-state index in [2.05, 4.69) is 6.58 Å². The molecule has 1 rings (SSSR count). The van der Waals surface area contributed by atoms with Crippen LogP contribution in [0, 0.1) is 6.92 Å². The van der Waals surface area contributed by atoms with Crippen LogP contribution >= 0.6 is 0 Å². The van der Waals surface area contributed by atoms with E-state index in [1.807, 2.05) is 31.2 Å². The second-order valence-corrected chi connectivity index (χ2v) is 3.24.